The minimum Gasteiger partial charge on any atom is -0.508 e. The van der Waals surface area contributed by atoms with E-state index in [0.717, 1.165) is 6.07 Å². The summed E-state index contributed by atoms with van der Waals surface area (Å²) in [7, 11) is 0. The van der Waals surface area contributed by atoms with Crippen molar-refractivity contribution in [2.24, 2.45) is 5.73 Å². The van der Waals surface area contributed by atoms with E-state index in [2.05, 4.69) is 22.0 Å². The highest BCUT2D eigenvalue weighted by Crippen LogP contribution is 2.42. The number of benzene rings is 1. The molecule has 7 nitrogen and oxygen atoms in total. The molecule has 0 radical (unpaired) electrons. The Morgan fingerprint density at radius 1 is 1.52 bits per heavy atom. The van der Waals surface area contributed by atoms with Gasteiger partial charge in [0.05, 0.1) is 23.4 Å². The fourth-order valence-electron chi connectivity index (χ4n) is 3.57. The van der Waals surface area contributed by atoms with Crippen molar-refractivity contribution in [3.05, 3.63) is 59.4 Å². The molecule has 0 saturated carbocycles. The van der Waals surface area contributed by atoms with Gasteiger partial charge in [-0.05, 0) is 26.0 Å². The Morgan fingerprint density at radius 3 is 2.97 bits per heavy atom. The van der Waals surface area contributed by atoms with Gasteiger partial charge in [-0.1, -0.05) is 6.58 Å². The van der Waals surface area contributed by atoms with Gasteiger partial charge >= 0.3 is 0 Å². The molecule has 2 atom stereocenters. The van der Waals surface area contributed by atoms with Crippen LogP contribution in [0.3, 0.4) is 0 Å². The molecule has 1 unspecified atom stereocenters. The van der Waals surface area contributed by atoms with Gasteiger partial charge in [-0.2, -0.15) is 5.10 Å². The quantitative estimate of drug-likeness (QED) is 0.567. The smallest absolute Gasteiger partial charge is 0.168 e. The van der Waals surface area contributed by atoms with Crippen LogP contribution in [0.4, 0.5) is 14.6 Å². The van der Waals surface area contributed by atoms with Crippen LogP contribution in [0.1, 0.15) is 36.6 Å². The molecule has 1 aliphatic rings. The Hall–Kier alpha value is -3.20. The van der Waals surface area contributed by atoms with Crippen LogP contribution < -0.4 is 15.8 Å². The SMILES string of the molecule is C=C(O)c1cnn2ccc(N[C@H](C)c3c(F)c(F)cc4c3OC(C)(CN)C4)nc12. The molecule has 9 heteroatoms. The zero-order valence-electron chi connectivity index (χ0n) is 16.0. The number of nitrogens with zero attached hydrogens (tertiary/aromatic N) is 3. The molecule has 0 spiro atoms. The lowest BCUT2D eigenvalue weighted by atomic mass is 9.96. The van der Waals surface area contributed by atoms with Crippen molar-refractivity contribution >= 4 is 17.2 Å². The topological polar surface area (TPSA) is 97.7 Å². The number of aromatic nitrogens is 3. The second-order valence-electron chi connectivity index (χ2n) is 7.46. The maximum Gasteiger partial charge on any atom is 0.168 e. The molecule has 0 fully saturated rings. The second kappa shape index (κ2) is 6.70. The minimum absolute atomic E-state index is 0.0825. The van der Waals surface area contributed by atoms with Crippen LogP contribution >= 0.6 is 0 Å². The minimum atomic E-state index is -0.972. The van der Waals surface area contributed by atoms with E-state index in [0.29, 0.717) is 34.8 Å². The number of ether oxygens (including phenoxy) is 1. The van der Waals surface area contributed by atoms with E-state index in [1.54, 1.807) is 19.2 Å². The lowest BCUT2D eigenvalue weighted by Gasteiger charge is -2.24. The second-order valence-corrected chi connectivity index (χ2v) is 7.46. The van der Waals surface area contributed by atoms with Crippen molar-refractivity contribution in [1.29, 1.82) is 0 Å². The number of fused-ring (bicyclic) bond motifs is 2. The number of rotatable bonds is 5. The molecule has 1 aromatic carbocycles. The summed E-state index contributed by atoms with van der Waals surface area (Å²) in [6.07, 6.45) is 3.48. The van der Waals surface area contributed by atoms with Gasteiger partial charge in [0.2, 0.25) is 0 Å². The number of nitrogens with two attached hydrogens (primary N) is 1. The molecule has 2 aromatic heterocycles. The largest absolute Gasteiger partial charge is 0.508 e. The molecule has 0 aliphatic carbocycles. The predicted molar refractivity (Wildman–Crippen MR) is 105 cm³/mol. The van der Waals surface area contributed by atoms with Crippen LogP contribution in [0.2, 0.25) is 0 Å². The summed E-state index contributed by atoms with van der Waals surface area (Å²) in [5.74, 6) is -1.37. The van der Waals surface area contributed by atoms with Gasteiger partial charge in [-0.15, -0.1) is 0 Å². The molecule has 1 aliphatic heterocycles. The first-order chi connectivity index (χ1) is 13.7. The molecule has 0 bridgehead atoms. The summed E-state index contributed by atoms with van der Waals surface area (Å²) < 4.78 is 36.4. The Labute approximate surface area is 165 Å². The normalized spacial score (nSPS) is 19.1. The number of anilines is 1. The van der Waals surface area contributed by atoms with Crippen molar-refractivity contribution < 1.29 is 18.6 Å². The Morgan fingerprint density at radius 2 is 2.28 bits per heavy atom. The van der Waals surface area contributed by atoms with Gasteiger partial charge in [-0.3, -0.25) is 0 Å². The summed E-state index contributed by atoms with van der Waals surface area (Å²) in [6.45, 7) is 7.21. The van der Waals surface area contributed by atoms with Crippen LogP contribution in [-0.2, 0) is 6.42 Å². The average molecular weight is 401 g/mol. The summed E-state index contributed by atoms with van der Waals surface area (Å²) in [5, 5.41) is 16.8. The van der Waals surface area contributed by atoms with E-state index < -0.39 is 23.3 Å². The Kier molecular flexibility index (Phi) is 4.42. The van der Waals surface area contributed by atoms with Crippen molar-refractivity contribution in [2.75, 3.05) is 11.9 Å². The number of nitrogens with one attached hydrogen (secondary N) is 1. The highest BCUT2D eigenvalue weighted by molar-refractivity contribution is 5.70. The van der Waals surface area contributed by atoms with E-state index in [4.69, 9.17) is 10.5 Å². The monoisotopic (exact) mass is 401 g/mol. The number of aliphatic hydroxyl groups excluding tert-OH is 1. The molecular formula is C20H21F2N5O2. The zero-order chi connectivity index (χ0) is 20.9. The van der Waals surface area contributed by atoms with E-state index >= 15 is 0 Å². The predicted octanol–water partition coefficient (Wildman–Crippen LogP) is 3.36. The fraction of sp³-hybridized carbons (Fsp3) is 0.300. The van der Waals surface area contributed by atoms with Gasteiger partial charge in [0.25, 0.3) is 0 Å². The van der Waals surface area contributed by atoms with Crippen molar-refractivity contribution in [3.63, 3.8) is 0 Å². The van der Waals surface area contributed by atoms with Crippen molar-refractivity contribution in [3.8, 4) is 5.75 Å². The Bertz CT molecular complexity index is 1130. The van der Waals surface area contributed by atoms with Crippen LogP contribution in [-0.4, -0.2) is 31.9 Å². The third kappa shape index (κ3) is 3.17. The Balaban J connectivity index is 1.71. The number of hydrogen-bond acceptors (Lipinski definition) is 6. The maximum absolute atomic E-state index is 14.7. The molecule has 29 heavy (non-hydrogen) atoms. The average Bonchev–Trinajstić information content (AvgIpc) is 3.23. The molecule has 3 heterocycles. The lowest BCUT2D eigenvalue weighted by molar-refractivity contribution is 0.124. The highest BCUT2D eigenvalue weighted by Gasteiger charge is 2.38. The molecule has 4 rings (SSSR count). The van der Waals surface area contributed by atoms with Crippen molar-refractivity contribution in [1.82, 2.24) is 14.6 Å². The standard InChI is InChI=1S/C20H21F2N5O2/c1-10(25-15-4-5-27-19(26-15)13(8-24-27)11(2)28)16-17(22)14(21)6-12-7-20(3,9-23)29-18(12)16/h4-6,8,10,28H,2,7,9,23H2,1,3H3,(H,25,26)/t10-,20?/m1/s1. The highest BCUT2D eigenvalue weighted by atomic mass is 19.2. The number of hydrogen-bond donors (Lipinski definition) is 3. The van der Waals surface area contributed by atoms with E-state index in [1.165, 1.54) is 10.7 Å². The molecular weight excluding hydrogens is 380 g/mol. The zero-order valence-corrected chi connectivity index (χ0v) is 16.0. The van der Waals surface area contributed by atoms with Crippen LogP contribution in [0.25, 0.3) is 11.4 Å². The van der Waals surface area contributed by atoms with Gasteiger partial charge in [0.1, 0.15) is 22.9 Å². The molecule has 4 N–H and O–H groups in total. The summed E-state index contributed by atoms with van der Waals surface area (Å²) in [5.41, 5.74) is 6.50. The van der Waals surface area contributed by atoms with Crippen LogP contribution in [0.15, 0.2) is 31.1 Å². The van der Waals surface area contributed by atoms with Gasteiger partial charge in [0, 0.05) is 24.7 Å². The number of halogens is 2. The van der Waals surface area contributed by atoms with E-state index in [9.17, 15) is 13.9 Å². The molecule has 3 aromatic rings. The lowest BCUT2D eigenvalue weighted by Crippen LogP contribution is -2.39. The first kappa shape index (κ1) is 19.1. The van der Waals surface area contributed by atoms with E-state index in [-0.39, 0.29) is 17.9 Å². The first-order valence-electron chi connectivity index (χ1n) is 9.11. The molecule has 0 amide bonds. The summed E-state index contributed by atoms with van der Waals surface area (Å²) >= 11 is 0. The summed E-state index contributed by atoms with van der Waals surface area (Å²) in [4.78, 5) is 4.40. The van der Waals surface area contributed by atoms with Crippen molar-refractivity contribution in [2.45, 2.75) is 31.9 Å². The van der Waals surface area contributed by atoms with E-state index in [1.807, 2.05) is 6.92 Å². The van der Waals surface area contributed by atoms with Crippen LogP contribution in [0.5, 0.6) is 5.75 Å². The molecule has 0 saturated heterocycles. The first-order valence-corrected chi connectivity index (χ1v) is 9.11. The van der Waals surface area contributed by atoms with Crippen LogP contribution in [0, 0.1) is 11.6 Å². The fourth-order valence-corrected chi connectivity index (χ4v) is 3.57. The molecule has 152 valence electrons. The number of aliphatic hydroxyl groups is 1. The summed E-state index contributed by atoms with van der Waals surface area (Å²) in [6, 6.07) is 2.15. The van der Waals surface area contributed by atoms with Gasteiger partial charge < -0.3 is 20.9 Å². The van der Waals surface area contributed by atoms with Gasteiger partial charge in [0.15, 0.2) is 17.3 Å². The van der Waals surface area contributed by atoms with Gasteiger partial charge in [-0.25, -0.2) is 18.3 Å². The third-order valence-corrected chi connectivity index (χ3v) is 5.11. The maximum atomic E-state index is 14.7. The third-order valence-electron chi connectivity index (χ3n) is 5.11.